The highest BCUT2D eigenvalue weighted by Gasteiger charge is 2.19. The summed E-state index contributed by atoms with van der Waals surface area (Å²) in [5.74, 6) is -0.0209. The first kappa shape index (κ1) is 18.9. The molecule has 150 valence electrons. The van der Waals surface area contributed by atoms with E-state index in [9.17, 15) is 14.0 Å². The van der Waals surface area contributed by atoms with E-state index in [1.54, 1.807) is 24.3 Å². The maximum atomic E-state index is 13.1. The average Bonchev–Trinajstić information content (AvgIpc) is 3.35. The summed E-state index contributed by atoms with van der Waals surface area (Å²) in [5, 5.41) is 6.66. The maximum absolute atomic E-state index is 13.1. The summed E-state index contributed by atoms with van der Waals surface area (Å²) >= 11 is 0. The number of aromatic nitrogens is 1. The molecule has 3 aromatic rings. The number of hydrogen-bond acceptors (Lipinski definition) is 5. The molecular weight excluding hydrogens is 375 g/mol. The number of benzene rings is 1. The van der Waals surface area contributed by atoms with Gasteiger partial charge in [-0.25, -0.2) is 9.37 Å². The lowest BCUT2D eigenvalue weighted by Gasteiger charge is -2.15. The molecule has 0 radical (unpaired) electrons. The normalized spacial score (nSPS) is 13.8. The molecule has 7 nitrogen and oxygen atoms in total. The molecule has 1 fully saturated rings. The van der Waals surface area contributed by atoms with Crippen molar-refractivity contribution in [3.05, 3.63) is 54.2 Å². The minimum atomic E-state index is -0.333. The van der Waals surface area contributed by atoms with Crippen LogP contribution in [0.4, 0.5) is 15.9 Å². The van der Waals surface area contributed by atoms with Crippen LogP contribution in [0.15, 0.2) is 47.1 Å². The van der Waals surface area contributed by atoms with Crippen LogP contribution in [-0.4, -0.2) is 41.3 Å². The molecule has 2 aromatic heterocycles. The molecule has 2 N–H and O–H groups in total. The van der Waals surface area contributed by atoms with E-state index in [0.717, 1.165) is 18.4 Å². The van der Waals surface area contributed by atoms with Crippen LogP contribution in [0.25, 0.3) is 11.0 Å². The predicted octanol–water partition coefficient (Wildman–Crippen LogP) is 3.45. The first-order chi connectivity index (χ1) is 14.1. The third kappa shape index (κ3) is 4.37. The van der Waals surface area contributed by atoms with Crippen molar-refractivity contribution in [1.82, 2.24) is 15.2 Å². The number of fused-ring (bicyclic) bond motifs is 1. The molecular formula is C21H21FN4O3. The SMILES string of the molecule is O=C(NCCCN1CCCC1=O)c1cc2occc2c(Nc2ccc(F)cc2)n1. The van der Waals surface area contributed by atoms with Crippen LogP contribution < -0.4 is 10.6 Å². The van der Waals surface area contributed by atoms with E-state index in [2.05, 4.69) is 15.6 Å². The molecule has 0 aliphatic carbocycles. The van der Waals surface area contributed by atoms with Crippen molar-refractivity contribution in [2.24, 2.45) is 0 Å². The monoisotopic (exact) mass is 396 g/mol. The number of hydrogen-bond donors (Lipinski definition) is 2. The van der Waals surface area contributed by atoms with Gasteiger partial charge in [-0.2, -0.15) is 0 Å². The molecule has 0 atom stereocenters. The molecule has 0 spiro atoms. The van der Waals surface area contributed by atoms with Crippen molar-refractivity contribution >= 4 is 34.3 Å². The summed E-state index contributed by atoms with van der Waals surface area (Å²) in [4.78, 5) is 30.4. The Labute approximate surface area is 166 Å². The number of amides is 2. The van der Waals surface area contributed by atoms with Crippen molar-refractivity contribution in [2.75, 3.05) is 25.0 Å². The van der Waals surface area contributed by atoms with E-state index >= 15 is 0 Å². The molecule has 2 amide bonds. The van der Waals surface area contributed by atoms with Gasteiger partial charge in [0.2, 0.25) is 5.91 Å². The fraction of sp³-hybridized carbons (Fsp3) is 0.286. The minimum Gasteiger partial charge on any atom is -0.464 e. The standard InChI is InChI=1S/C21H21FN4O3/c22-14-4-6-15(7-5-14)24-20-16-8-12-29-18(16)13-17(25-20)21(28)23-9-2-11-26-10-1-3-19(26)27/h4-8,12-13H,1-3,9-11H2,(H,23,28)(H,24,25). The Hall–Kier alpha value is -3.42. The average molecular weight is 396 g/mol. The number of likely N-dealkylation sites (tertiary alicyclic amines) is 1. The fourth-order valence-corrected chi connectivity index (χ4v) is 3.35. The van der Waals surface area contributed by atoms with E-state index < -0.39 is 0 Å². The van der Waals surface area contributed by atoms with Crippen LogP contribution in [0, 0.1) is 5.82 Å². The zero-order chi connectivity index (χ0) is 20.2. The maximum Gasteiger partial charge on any atom is 0.270 e. The molecule has 3 heterocycles. The van der Waals surface area contributed by atoms with Gasteiger partial charge in [0.05, 0.1) is 11.6 Å². The van der Waals surface area contributed by atoms with Crippen LogP contribution in [0.1, 0.15) is 29.8 Å². The van der Waals surface area contributed by atoms with Gasteiger partial charge in [-0.3, -0.25) is 9.59 Å². The number of furan rings is 1. The molecule has 8 heteroatoms. The molecule has 1 aliphatic rings. The summed E-state index contributed by atoms with van der Waals surface area (Å²) in [5.41, 5.74) is 1.39. The smallest absolute Gasteiger partial charge is 0.270 e. The Morgan fingerprint density at radius 3 is 2.83 bits per heavy atom. The Morgan fingerprint density at radius 2 is 2.07 bits per heavy atom. The van der Waals surface area contributed by atoms with Crippen LogP contribution in [-0.2, 0) is 4.79 Å². The van der Waals surface area contributed by atoms with Gasteiger partial charge in [-0.15, -0.1) is 0 Å². The van der Waals surface area contributed by atoms with Crippen molar-refractivity contribution in [1.29, 1.82) is 0 Å². The number of anilines is 2. The zero-order valence-electron chi connectivity index (χ0n) is 15.8. The first-order valence-electron chi connectivity index (χ1n) is 9.57. The van der Waals surface area contributed by atoms with Gasteiger partial charge in [0.15, 0.2) is 0 Å². The van der Waals surface area contributed by atoms with Crippen molar-refractivity contribution in [2.45, 2.75) is 19.3 Å². The van der Waals surface area contributed by atoms with Gasteiger partial charge in [0.25, 0.3) is 5.91 Å². The van der Waals surface area contributed by atoms with E-state index in [0.29, 0.717) is 43.0 Å². The van der Waals surface area contributed by atoms with Crippen LogP contribution in [0.5, 0.6) is 0 Å². The van der Waals surface area contributed by atoms with E-state index in [-0.39, 0.29) is 23.3 Å². The number of halogens is 1. The Kier molecular flexibility index (Phi) is 5.41. The summed E-state index contributed by atoms with van der Waals surface area (Å²) in [7, 11) is 0. The summed E-state index contributed by atoms with van der Waals surface area (Å²) < 4.78 is 18.6. The third-order valence-corrected chi connectivity index (χ3v) is 4.85. The number of nitrogens with zero attached hydrogens (tertiary/aromatic N) is 2. The second kappa shape index (κ2) is 8.30. The molecule has 0 unspecified atom stereocenters. The van der Waals surface area contributed by atoms with Gasteiger partial charge in [-0.1, -0.05) is 0 Å². The van der Waals surface area contributed by atoms with Gasteiger partial charge >= 0.3 is 0 Å². The highest BCUT2D eigenvalue weighted by atomic mass is 19.1. The summed E-state index contributed by atoms with van der Waals surface area (Å²) in [6.07, 6.45) is 3.73. The van der Waals surface area contributed by atoms with E-state index in [1.807, 2.05) is 4.90 Å². The molecule has 1 saturated heterocycles. The third-order valence-electron chi connectivity index (χ3n) is 4.85. The topological polar surface area (TPSA) is 87.5 Å². The van der Waals surface area contributed by atoms with Crippen molar-refractivity contribution in [3.63, 3.8) is 0 Å². The minimum absolute atomic E-state index is 0.178. The number of nitrogens with one attached hydrogen (secondary N) is 2. The number of carbonyl (C=O) groups excluding carboxylic acids is 2. The van der Waals surface area contributed by atoms with Crippen molar-refractivity contribution in [3.8, 4) is 0 Å². The van der Waals surface area contributed by atoms with Gasteiger partial charge in [-0.05, 0) is 43.2 Å². The number of carbonyl (C=O) groups is 2. The Bertz CT molecular complexity index is 1030. The quantitative estimate of drug-likeness (QED) is 0.597. The lowest BCUT2D eigenvalue weighted by molar-refractivity contribution is -0.127. The molecule has 0 saturated carbocycles. The molecule has 1 aliphatic heterocycles. The highest BCUT2D eigenvalue weighted by Crippen LogP contribution is 2.26. The van der Waals surface area contributed by atoms with Crippen LogP contribution in [0.2, 0.25) is 0 Å². The van der Waals surface area contributed by atoms with Crippen LogP contribution in [0.3, 0.4) is 0 Å². The van der Waals surface area contributed by atoms with Gasteiger partial charge in [0.1, 0.15) is 22.9 Å². The highest BCUT2D eigenvalue weighted by molar-refractivity contribution is 5.99. The first-order valence-corrected chi connectivity index (χ1v) is 9.57. The van der Waals surface area contributed by atoms with Gasteiger partial charge in [0, 0.05) is 37.8 Å². The molecule has 0 bridgehead atoms. The number of rotatable bonds is 7. The molecule has 1 aromatic carbocycles. The molecule has 29 heavy (non-hydrogen) atoms. The Balaban J connectivity index is 1.43. The largest absolute Gasteiger partial charge is 0.464 e. The van der Waals surface area contributed by atoms with E-state index in [4.69, 9.17) is 4.42 Å². The van der Waals surface area contributed by atoms with E-state index in [1.165, 1.54) is 18.4 Å². The van der Waals surface area contributed by atoms with Crippen molar-refractivity contribution < 1.29 is 18.4 Å². The second-order valence-electron chi connectivity index (χ2n) is 6.91. The lowest BCUT2D eigenvalue weighted by Crippen LogP contribution is -2.31. The number of pyridine rings is 1. The van der Waals surface area contributed by atoms with Crippen LogP contribution >= 0.6 is 0 Å². The lowest BCUT2D eigenvalue weighted by atomic mass is 10.2. The fourth-order valence-electron chi connectivity index (χ4n) is 3.35. The zero-order valence-corrected chi connectivity index (χ0v) is 15.8. The Morgan fingerprint density at radius 1 is 1.24 bits per heavy atom. The summed E-state index contributed by atoms with van der Waals surface area (Å²) in [6.45, 7) is 1.88. The summed E-state index contributed by atoms with van der Waals surface area (Å²) in [6, 6.07) is 9.21. The predicted molar refractivity (Wildman–Crippen MR) is 106 cm³/mol. The molecule has 4 rings (SSSR count). The second-order valence-corrected chi connectivity index (χ2v) is 6.91. The van der Waals surface area contributed by atoms with Gasteiger partial charge < -0.3 is 20.0 Å².